The van der Waals surface area contributed by atoms with Crippen molar-refractivity contribution in [3.63, 3.8) is 0 Å². The SMILES string of the molecule is CC(C)(C)c1cc(CO)cc(OCC(F)(F)C(F)F)n1. The molecule has 0 unspecified atom stereocenters. The van der Waals surface area contributed by atoms with Crippen LogP contribution in [0.2, 0.25) is 0 Å². The Kier molecular flexibility index (Phi) is 4.96. The van der Waals surface area contributed by atoms with E-state index in [2.05, 4.69) is 9.72 Å². The number of pyridine rings is 1. The molecule has 0 saturated carbocycles. The molecule has 20 heavy (non-hydrogen) atoms. The minimum absolute atomic E-state index is 0.207. The molecule has 0 saturated heterocycles. The first kappa shape index (κ1) is 16.7. The van der Waals surface area contributed by atoms with Gasteiger partial charge in [0.15, 0.2) is 6.61 Å². The Bertz CT molecular complexity index is 458. The highest BCUT2D eigenvalue weighted by molar-refractivity contribution is 5.28. The maximum Gasteiger partial charge on any atom is 0.340 e. The second-order valence-corrected chi connectivity index (χ2v) is 5.46. The zero-order valence-corrected chi connectivity index (χ0v) is 11.5. The molecular formula is C13H17F4NO2. The summed E-state index contributed by atoms with van der Waals surface area (Å²) in [6.07, 6.45) is -3.80. The van der Waals surface area contributed by atoms with Crippen LogP contribution < -0.4 is 4.74 Å². The van der Waals surface area contributed by atoms with Gasteiger partial charge in [-0.3, -0.25) is 0 Å². The lowest BCUT2D eigenvalue weighted by molar-refractivity contribution is -0.148. The molecule has 1 aromatic rings. The summed E-state index contributed by atoms with van der Waals surface area (Å²) in [5, 5.41) is 9.12. The van der Waals surface area contributed by atoms with Gasteiger partial charge in [-0.15, -0.1) is 0 Å². The van der Waals surface area contributed by atoms with Crippen LogP contribution in [0.15, 0.2) is 12.1 Å². The van der Waals surface area contributed by atoms with E-state index in [0.717, 1.165) is 0 Å². The Morgan fingerprint density at radius 2 is 1.85 bits per heavy atom. The summed E-state index contributed by atoms with van der Waals surface area (Å²) in [6.45, 7) is 3.74. The van der Waals surface area contributed by atoms with E-state index in [1.165, 1.54) is 6.07 Å². The number of aromatic nitrogens is 1. The normalized spacial score (nSPS) is 12.8. The molecular weight excluding hydrogens is 278 g/mol. The summed E-state index contributed by atoms with van der Waals surface area (Å²) in [4.78, 5) is 4.00. The summed E-state index contributed by atoms with van der Waals surface area (Å²) in [5.41, 5.74) is 0.536. The quantitative estimate of drug-likeness (QED) is 0.849. The first-order valence-electron chi connectivity index (χ1n) is 5.97. The van der Waals surface area contributed by atoms with E-state index in [-0.39, 0.29) is 12.5 Å². The molecule has 0 aliphatic rings. The van der Waals surface area contributed by atoms with Crippen molar-refractivity contribution in [3.05, 3.63) is 23.4 Å². The average molecular weight is 295 g/mol. The van der Waals surface area contributed by atoms with Gasteiger partial charge in [0, 0.05) is 11.5 Å². The zero-order valence-electron chi connectivity index (χ0n) is 11.5. The fourth-order valence-electron chi connectivity index (χ4n) is 1.34. The van der Waals surface area contributed by atoms with Crippen molar-refractivity contribution < 1.29 is 27.4 Å². The average Bonchev–Trinajstić information content (AvgIpc) is 2.34. The molecule has 7 heteroatoms. The molecule has 0 aromatic carbocycles. The van der Waals surface area contributed by atoms with Gasteiger partial charge in [-0.2, -0.15) is 8.78 Å². The molecule has 0 bridgehead atoms. The van der Waals surface area contributed by atoms with Crippen molar-refractivity contribution in [2.45, 2.75) is 45.1 Å². The maximum absolute atomic E-state index is 12.8. The number of ether oxygens (including phenoxy) is 1. The minimum atomic E-state index is -4.24. The van der Waals surface area contributed by atoms with Crippen LogP contribution in [-0.4, -0.2) is 29.0 Å². The van der Waals surface area contributed by atoms with Crippen molar-refractivity contribution in [1.82, 2.24) is 4.98 Å². The van der Waals surface area contributed by atoms with E-state index in [1.807, 2.05) is 20.8 Å². The van der Waals surface area contributed by atoms with Gasteiger partial charge in [0.2, 0.25) is 5.88 Å². The molecule has 114 valence electrons. The van der Waals surface area contributed by atoms with Crippen LogP contribution >= 0.6 is 0 Å². The standard InChI is InChI=1S/C13H17F4NO2/c1-12(2,3)9-4-8(6-19)5-10(18-9)20-7-13(16,17)11(14)15/h4-5,11,19H,6-7H2,1-3H3. The lowest BCUT2D eigenvalue weighted by Crippen LogP contribution is -2.34. The molecule has 0 fully saturated rings. The molecule has 1 N–H and O–H groups in total. The fourth-order valence-corrected chi connectivity index (χ4v) is 1.34. The molecule has 0 aliphatic heterocycles. The molecule has 1 heterocycles. The molecule has 0 amide bonds. The number of nitrogens with zero attached hydrogens (tertiary/aromatic N) is 1. The van der Waals surface area contributed by atoms with Crippen molar-refractivity contribution in [3.8, 4) is 5.88 Å². The van der Waals surface area contributed by atoms with Crippen molar-refractivity contribution in [1.29, 1.82) is 0 Å². The summed E-state index contributed by atoms with van der Waals surface area (Å²) in [6, 6.07) is 2.86. The van der Waals surface area contributed by atoms with Crippen LogP contribution in [0.1, 0.15) is 32.0 Å². The second-order valence-electron chi connectivity index (χ2n) is 5.46. The third-order valence-corrected chi connectivity index (χ3v) is 2.54. The molecule has 0 aliphatic carbocycles. The highest BCUT2D eigenvalue weighted by atomic mass is 19.3. The van der Waals surface area contributed by atoms with Crippen LogP contribution in [0.4, 0.5) is 17.6 Å². The van der Waals surface area contributed by atoms with Gasteiger partial charge in [0.05, 0.1) is 12.3 Å². The molecule has 1 rings (SSSR count). The second kappa shape index (κ2) is 5.95. The predicted molar refractivity (Wildman–Crippen MR) is 65.3 cm³/mol. The predicted octanol–water partition coefficient (Wildman–Crippen LogP) is 3.15. The number of alkyl halides is 4. The van der Waals surface area contributed by atoms with Crippen LogP contribution in [0, 0.1) is 0 Å². The largest absolute Gasteiger partial charge is 0.471 e. The van der Waals surface area contributed by atoms with Crippen molar-refractivity contribution in [2.75, 3.05) is 6.61 Å². The van der Waals surface area contributed by atoms with Crippen molar-refractivity contribution >= 4 is 0 Å². The van der Waals surface area contributed by atoms with Crippen LogP contribution in [-0.2, 0) is 12.0 Å². The molecule has 3 nitrogen and oxygen atoms in total. The summed E-state index contributed by atoms with van der Waals surface area (Å²) in [7, 11) is 0. The zero-order chi connectivity index (χ0) is 15.6. The Morgan fingerprint density at radius 3 is 2.30 bits per heavy atom. The smallest absolute Gasteiger partial charge is 0.340 e. The molecule has 0 radical (unpaired) electrons. The number of rotatable bonds is 5. The van der Waals surface area contributed by atoms with Gasteiger partial charge in [-0.25, -0.2) is 13.8 Å². The first-order chi connectivity index (χ1) is 9.06. The lowest BCUT2D eigenvalue weighted by Gasteiger charge is -2.21. The highest BCUT2D eigenvalue weighted by Crippen LogP contribution is 2.27. The molecule has 0 spiro atoms. The van der Waals surface area contributed by atoms with E-state index in [4.69, 9.17) is 5.11 Å². The Hall–Kier alpha value is -1.37. The maximum atomic E-state index is 12.8. The van der Waals surface area contributed by atoms with Gasteiger partial charge in [-0.1, -0.05) is 20.8 Å². The lowest BCUT2D eigenvalue weighted by atomic mass is 9.91. The van der Waals surface area contributed by atoms with E-state index < -0.39 is 24.4 Å². The Balaban J connectivity index is 2.96. The van der Waals surface area contributed by atoms with Gasteiger partial charge < -0.3 is 9.84 Å². The summed E-state index contributed by atoms with van der Waals surface area (Å²) < 4.78 is 54.3. The number of aliphatic hydroxyl groups is 1. The minimum Gasteiger partial charge on any atom is -0.471 e. The van der Waals surface area contributed by atoms with Crippen LogP contribution in [0.3, 0.4) is 0 Å². The Labute approximate surface area is 114 Å². The third kappa shape index (κ3) is 4.33. The number of aliphatic hydroxyl groups excluding tert-OH is 1. The number of halogens is 4. The fraction of sp³-hybridized carbons (Fsp3) is 0.615. The molecule has 0 atom stereocenters. The van der Waals surface area contributed by atoms with E-state index in [1.54, 1.807) is 6.07 Å². The molecule has 1 aromatic heterocycles. The summed E-state index contributed by atoms with van der Waals surface area (Å²) in [5.74, 6) is -4.44. The van der Waals surface area contributed by atoms with Crippen molar-refractivity contribution in [2.24, 2.45) is 0 Å². The Morgan fingerprint density at radius 1 is 1.25 bits per heavy atom. The number of hydrogen-bond acceptors (Lipinski definition) is 3. The van der Waals surface area contributed by atoms with Crippen LogP contribution in [0.5, 0.6) is 5.88 Å². The summed E-state index contributed by atoms with van der Waals surface area (Å²) >= 11 is 0. The van der Waals surface area contributed by atoms with Gasteiger partial charge in [-0.05, 0) is 11.6 Å². The van der Waals surface area contributed by atoms with Gasteiger partial charge >= 0.3 is 12.3 Å². The monoisotopic (exact) mass is 295 g/mol. The third-order valence-electron chi connectivity index (χ3n) is 2.54. The van der Waals surface area contributed by atoms with Gasteiger partial charge in [0.1, 0.15) is 0 Å². The van der Waals surface area contributed by atoms with E-state index >= 15 is 0 Å². The topological polar surface area (TPSA) is 42.4 Å². The van der Waals surface area contributed by atoms with E-state index in [9.17, 15) is 17.6 Å². The highest BCUT2D eigenvalue weighted by Gasteiger charge is 2.41. The van der Waals surface area contributed by atoms with Crippen LogP contribution in [0.25, 0.3) is 0 Å². The first-order valence-corrected chi connectivity index (χ1v) is 5.97. The number of hydrogen-bond donors (Lipinski definition) is 1. The van der Waals surface area contributed by atoms with Gasteiger partial charge in [0.25, 0.3) is 0 Å². The van der Waals surface area contributed by atoms with E-state index in [0.29, 0.717) is 11.3 Å².